The monoisotopic (exact) mass is 417 g/mol. The molecular formula is C17H15BrF3NO3. The molecule has 0 unspecified atom stereocenters. The topological polar surface area (TPSA) is 51.5 Å². The molecule has 8 heteroatoms. The number of carbonyl (C=O) groups excluding carboxylic acids is 1. The standard InChI is InChI=1S/C17H15BrF3NO3/c18-15-7-5-14(25-15)6-8-16(23)22-9-12-1-3-13(4-2-12)10-24-11-17(19,20)21/h1-8H,9-11H2,(H,22,23). The van der Waals surface area contributed by atoms with Crippen molar-refractivity contribution in [2.45, 2.75) is 19.3 Å². The molecule has 25 heavy (non-hydrogen) atoms. The lowest BCUT2D eigenvalue weighted by molar-refractivity contribution is -0.176. The SMILES string of the molecule is O=C(C=Cc1ccc(Br)o1)NCc1ccc(COCC(F)(F)F)cc1. The van der Waals surface area contributed by atoms with E-state index in [1.54, 1.807) is 42.5 Å². The van der Waals surface area contributed by atoms with E-state index in [2.05, 4.69) is 26.0 Å². The molecular weight excluding hydrogens is 403 g/mol. The zero-order valence-electron chi connectivity index (χ0n) is 13.0. The van der Waals surface area contributed by atoms with Gasteiger partial charge < -0.3 is 14.5 Å². The summed E-state index contributed by atoms with van der Waals surface area (Å²) in [5, 5.41) is 2.70. The number of amides is 1. The molecule has 0 spiro atoms. The Balaban J connectivity index is 1.75. The Morgan fingerprint density at radius 2 is 1.84 bits per heavy atom. The largest absolute Gasteiger partial charge is 0.450 e. The van der Waals surface area contributed by atoms with E-state index < -0.39 is 12.8 Å². The molecule has 0 atom stereocenters. The number of ether oxygens (including phenoxy) is 1. The molecule has 0 aliphatic carbocycles. The summed E-state index contributed by atoms with van der Waals surface area (Å²) in [6.45, 7) is -1.09. The van der Waals surface area contributed by atoms with Crippen molar-refractivity contribution in [3.05, 3.63) is 64.0 Å². The van der Waals surface area contributed by atoms with E-state index in [1.807, 2.05) is 0 Å². The second-order valence-electron chi connectivity index (χ2n) is 5.12. The summed E-state index contributed by atoms with van der Waals surface area (Å²) >= 11 is 3.17. The van der Waals surface area contributed by atoms with Gasteiger partial charge in [-0.2, -0.15) is 13.2 Å². The molecule has 0 saturated heterocycles. The van der Waals surface area contributed by atoms with Gasteiger partial charge in [-0.3, -0.25) is 4.79 Å². The first-order chi connectivity index (χ1) is 11.8. The molecule has 1 N–H and O–H groups in total. The molecule has 1 aromatic heterocycles. The number of halogens is 4. The third-order valence-electron chi connectivity index (χ3n) is 3.02. The average molecular weight is 418 g/mol. The van der Waals surface area contributed by atoms with Gasteiger partial charge in [-0.15, -0.1) is 0 Å². The predicted octanol–water partition coefficient (Wildman–Crippen LogP) is 4.45. The summed E-state index contributed by atoms with van der Waals surface area (Å²) in [6, 6.07) is 10.2. The van der Waals surface area contributed by atoms with Crippen LogP contribution < -0.4 is 5.32 Å². The van der Waals surface area contributed by atoms with Crippen molar-refractivity contribution in [3.8, 4) is 0 Å². The molecule has 2 aromatic rings. The van der Waals surface area contributed by atoms with Crippen LogP contribution in [0.5, 0.6) is 0 Å². The Labute approximate surface area is 150 Å². The third-order valence-corrected chi connectivity index (χ3v) is 3.44. The van der Waals surface area contributed by atoms with Crippen LogP contribution in [0.15, 0.2) is 51.6 Å². The molecule has 0 radical (unpaired) electrons. The molecule has 2 rings (SSSR count). The van der Waals surface area contributed by atoms with E-state index >= 15 is 0 Å². The average Bonchev–Trinajstić information content (AvgIpc) is 2.96. The number of rotatable bonds is 7. The quantitative estimate of drug-likeness (QED) is 0.677. The van der Waals surface area contributed by atoms with Crippen LogP contribution in [0.4, 0.5) is 13.2 Å². The maximum atomic E-state index is 12.0. The van der Waals surface area contributed by atoms with Gasteiger partial charge in [0.1, 0.15) is 12.4 Å². The molecule has 0 bridgehead atoms. The highest BCUT2D eigenvalue weighted by molar-refractivity contribution is 9.10. The second-order valence-corrected chi connectivity index (χ2v) is 5.90. The van der Waals surface area contributed by atoms with E-state index in [0.29, 0.717) is 22.5 Å². The highest BCUT2D eigenvalue weighted by Crippen LogP contribution is 2.16. The first-order valence-electron chi connectivity index (χ1n) is 7.25. The zero-order chi connectivity index (χ0) is 18.3. The van der Waals surface area contributed by atoms with E-state index in [0.717, 1.165) is 5.56 Å². The van der Waals surface area contributed by atoms with Crippen molar-refractivity contribution >= 4 is 27.9 Å². The van der Waals surface area contributed by atoms with E-state index in [-0.39, 0.29) is 12.5 Å². The van der Waals surface area contributed by atoms with Crippen molar-refractivity contribution in [1.29, 1.82) is 0 Å². The summed E-state index contributed by atoms with van der Waals surface area (Å²) in [4.78, 5) is 11.7. The number of carbonyl (C=O) groups is 1. The van der Waals surface area contributed by atoms with Gasteiger partial charge in [0.25, 0.3) is 0 Å². The van der Waals surface area contributed by atoms with Gasteiger partial charge in [0.2, 0.25) is 5.91 Å². The normalized spacial score (nSPS) is 11.8. The van der Waals surface area contributed by atoms with Gasteiger partial charge >= 0.3 is 6.18 Å². The fraction of sp³-hybridized carbons (Fsp3) is 0.235. The van der Waals surface area contributed by atoms with E-state index in [4.69, 9.17) is 4.42 Å². The highest BCUT2D eigenvalue weighted by Gasteiger charge is 2.27. The summed E-state index contributed by atoms with van der Waals surface area (Å²) < 4.78 is 46.4. The van der Waals surface area contributed by atoms with Crippen LogP contribution in [-0.4, -0.2) is 18.7 Å². The van der Waals surface area contributed by atoms with E-state index in [1.165, 1.54) is 6.08 Å². The maximum absolute atomic E-state index is 12.0. The predicted molar refractivity (Wildman–Crippen MR) is 89.4 cm³/mol. The number of hydrogen-bond donors (Lipinski definition) is 1. The summed E-state index contributed by atoms with van der Waals surface area (Å²) in [5.74, 6) is 0.260. The van der Waals surface area contributed by atoms with Gasteiger partial charge in [0.15, 0.2) is 4.67 Å². The van der Waals surface area contributed by atoms with Gasteiger partial charge in [0.05, 0.1) is 6.61 Å². The molecule has 0 aliphatic heterocycles. The molecule has 1 aromatic carbocycles. The minimum Gasteiger partial charge on any atom is -0.450 e. The fourth-order valence-corrected chi connectivity index (χ4v) is 2.18. The van der Waals surface area contributed by atoms with Gasteiger partial charge in [-0.05, 0) is 45.3 Å². The fourth-order valence-electron chi connectivity index (χ4n) is 1.86. The minimum absolute atomic E-state index is 0.117. The molecule has 0 aliphatic rings. The molecule has 134 valence electrons. The smallest absolute Gasteiger partial charge is 0.411 e. The maximum Gasteiger partial charge on any atom is 0.411 e. The lowest BCUT2D eigenvalue weighted by Gasteiger charge is -2.08. The van der Waals surface area contributed by atoms with Crippen LogP contribution in [-0.2, 0) is 22.7 Å². The van der Waals surface area contributed by atoms with Crippen molar-refractivity contribution in [2.24, 2.45) is 0 Å². The Morgan fingerprint density at radius 3 is 2.44 bits per heavy atom. The summed E-state index contributed by atoms with van der Waals surface area (Å²) in [7, 11) is 0. The van der Waals surface area contributed by atoms with Crippen molar-refractivity contribution < 1.29 is 27.1 Å². The number of benzene rings is 1. The Bertz CT molecular complexity index is 723. The summed E-state index contributed by atoms with van der Waals surface area (Å²) in [5.41, 5.74) is 1.45. The Hall–Kier alpha value is -2.06. The Morgan fingerprint density at radius 1 is 1.16 bits per heavy atom. The first kappa shape index (κ1) is 19.3. The first-order valence-corrected chi connectivity index (χ1v) is 8.05. The zero-order valence-corrected chi connectivity index (χ0v) is 14.6. The van der Waals surface area contributed by atoms with Crippen molar-refractivity contribution in [1.82, 2.24) is 5.32 Å². The number of hydrogen-bond acceptors (Lipinski definition) is 3. The van der Waals surface area contributed by atoms with Gasteiger partial charge in [0, 0.05) is 12.6 Å². The number of nitrogens with one attached hydrogen (secondary N) is 1. The molecule has 1 heterocycles. The highest BCUT2D eigenvalue weighted by atomic mass is 79.9. The van der Waals surface area contributed by atoms with Crippen LogP contribution in [0.1, 0.15) is 16.9 Å². The van der Waals surface area contributed by atoms with Gasteiger partial charge in [-0.25, -0.2) is 0 Å². The third kappa shape index (κ3) is 7.57. The lowest BCUT2D eigenvalue weighted by Crippen LogP contribution is -2.20. The van der Waals surface area contributed by atoms with Crippen molar-refractivity contribution in [2.75, 3.05) is 6.61 Å². The van der Waals surface area contributed by atoms with Crippen LogP contribution in [0.2, 0.25) is 0 Å². The van der Waals surface area contributed by atoms with Gasteiger partial charge in [-0.1, -0.05) is 24.3 Å². The summed E-state index contributed by atoms with van der Waals surface area (Å²) in [6.07, 6.45) is -1.44. The van der Waals surface area contributed by atoms with Crippen LogP contribution in [0.25, 0.3) is 6.08 Å². The Kier molecular flexibility index (Phi) is 6.83. The van der Waals surface area contributed by atoms with Crippen molar-refractivity contribution in [3.63, 3.8) is 0 Å². The number of alkyl halides is 3. The van der Waals surface area contributed by atoms with Crippen LogP contribution in [0, 0.1) is 0 Å². The lowest BCUT2D eigenvalue weighted by atomic mass is 10.1. The van der Waals surface area contributed by atoms with Crippen LogP contribution in [0.3, 0.4) is 0 Å². The molecule has 1 amide bonds. The van der Waals surface area contributed by atoms with E-state index in [9.17, 15) is 18.0 Å². The minimum atomic E-state index is -4.33. The molecule has 0 saturated carbocycles. The second kappa shape index (κ2) is 8.87. The molecule has 4 nitrogen and oxygen atoms in total. The number of furan rings is 1. The molecule has 0 fully saturated rings. The van der Waals surface area contributed by atoms with Crippen LogP contribution >= 0.6 is 15.9 Å².